The van der Waals surface area contributed by atoms with Crippen LogP contribution in [0.1, 0.15) is 0 Å². The van der Waals surface area contributed by atoms with E-state index in [2.05, 4.69) is 61.2 Å². The van der Waals surface area contributed by atoms with Gasteiger partial charge >= 0.3 is 73.7 Å². The molecule has 0 atom stereocenters. The van der Waals surface area contributed by atoms with E-state index in [9.17, 15) is 0 Å². The number of benzene rings is 12. The first-order valence-electron chi connectivity index (χ1n) is 33.3. The Morgan fingerprint density at radius 3 is 0.327 bits per heavy atom. The fourth-order valence-electron chi connectivity index (χ4n) is 10.8. The second-order valence-corrected chi connectivity index (χ2v) is 23.1. The third-order valence-electron chi connectivity index (χ3n) is 16.1. The van der Waals surface area contributed by atoms with Crippen molar-refractivity contribution in [3.63, 3.8) is 0 Å². The van der Waals surface area contributed by atoms with Crippen molar-refractivity contribution in [1.29, 1.82) is 0 Å². The Hall–Kier alpha value is -11.6. The van der Waals surface area contributed by atoms with Crippen molar-refractivity contribution in [1.82, 2.24) is 61.2 Å². The summed E-state index contributed by atoms with van der Waals surface area (Å²) < 4.78 is 0. The molecule has 516 valence electrons. The summed E-state index contributed by atoms with van der Waals surface area (Å²) in [6.45, 7) is 0. The number of rotatable bonds is 12. The first-order valence-corrected chi connectivity index (χ1v) is 33.3. The van der Waals surface area contributed by atoms with Gasteiger partial charge < -0.3 is 61.2 Å². The van der Waals surface area contributed by atoms with E-state index in [4.69, 9.17) is 0 Å². The Morgan fingerprint density at radius 1 is 0.125 bits per heavy atom. The molecule has 0 aliphatic carbocycles. The second-order valence-electron chi connectivity index (χ2n) is 23.1. The molecule has 0 saturated carbocycles. The topological polar surface area (TPSA) is 162 Å². The summed E-state index contributed by atoms with van der Waals surface area (Å²) >= 11 is 0. The van der Waals surface area contributed by atoms with E-state index in [1.54, 1.807) is 0 Å². The minimum absolute atomic E-state index is 0. The molecule has 0 aliphatic rings. The molecule has 18 aromatic rings. The maximum atomic E-state index is 4.21. The second kappa shape index (κ2) is 39.0. The molecule has 6 heterocycles. The van der Waals surface area contributed by atoms with Crippen LogP contribution in [-0.2, 0) is 0 Å². The van der Waals surface area contributed by atoms with Crippen LogP contribution in [-0.4, -0.2) is 30.6 Å². The van der Waals surface area contributed by atoms with Crippen molar-refractivity contribution >= 4 is 0 Å². The molecule has 0 bridgehead atoms. The summed E-state index contributed by atoms with van der Waals surface area (Å²) in [7, 11) is 0. The van der Waals surface area contributed by atoms with E-state index in [0.717, 1.165) is 135 Å². The molecule has 12 nitrogen and oxygen atoms in total. The van der Waals surface area contributed by atoms with Crippen molar-refractivity contribution in [2.24, 2.45) is 0 Å². The van der Waals surface area contributed by atoms with Crippen molar-refractivity contribution in [2.75, 3.05) is 0 Å². The summed E-state index contributed by atoms with van der Waals surface area (Å²) in [6, 6.07) is 133. The van der Waals surface area contributed by atoms with Crippen molar-refractivity contribution < 1.29 is 73.7 Å². The quantitative estimate of drug-likeness (QED) is 0.114. The van der Waals surface area contributed by atoms with Gasteiger partial charge in [-0.1, -0.05) is 400 Å². The molecule has 0 N–H and O–H groups in total. The Balaban J connectivity index is 0.000000124. The van der Waals surface area contributed by atoms with Gasteiger partial charge in [0.2, 0.25) is 0 Å². The summed E-state index contributed by atoms with van der Waals surface area (Å²) in [5.41, 5.74) is 24.2. The zero-order valence-corrected chi connectivity index (χ0v) is 59.3. The first kappa shape index (κ1) is 73.6. The molecule has 0 fully saturated rings. The number of aromatic nitrogens is 12. The van der Waals surface area contributed by atoms with E-state index in [1.807, 2.05) is 400 Å². The Bertz CT molecular complexity index is 4150. The molecule has 0 aliphatic heterocycles. The molecule has 14 heteroatoms. The van der Waals surface area contributed by atoms with Crippen LogP contribution in [0.15, 0.2) is 400 Å². The van der Waals surface area contributed by atoms with Gasteiger partial charge in [-0.2, -0.15) is 0 Å². The predicted molar refractivity (Wildman–Crippen MR) is 411 cm³/mol. The maximum absolute atomic E-state index is 4.21. The number of nitrogens with zero attached hydrogens (tertiary/aromatic N) is 12. The molecule has 0 radical (unpaired) electrons. The molecule has 6 aromatic heterocycles. The van der Waals surface area contributed by atoms with Crippen LogP contribution in [0.5, 0.6) is 0 Å². The van der Waals surface area contributed by atoms with Crippen LogP contribution in [0.2, 0.25) is 0 Å². The summed E-state index contributed by atoms with van der Waals surface area (Å²) in [4.78, 5) is 0. The fraction of sp³-hybridized carbons (Fsp3) is 0. The first-order chi connectivity index (χ1) is 50.6. The van der Waals surface area contributed by atoms with Gasteiger partial charge in [0, 0.05) is 34.2 Å². The van der Waals surface area contributed by atoms with Crippen molar-refractivity contribution in [3.05, 3.63) is 400 Å². The summed E-state index contributed by atoms with van der Waals surface area (Å²) in [5.74, 6) is 0. The largest absolute Gasteiger partial charge is 3.00 e. The molecule has 0 amide bonds. The average molecular weight is 1670 g/mol. The van der Waals surface area contributed by atoms with E-state index in [0.29, 0.717) is 0 Å². The van der Waals surface area contributed by atoms with E-state index in [-0.39, 0.29) is 73.7 Å². The zero-order chi connectivity index (χ0) is 69.0. The Labute approximate surface area is 663 Å². The van der Waals surface area contributed by atoms with Crippen molar-refractivity contribution in [3.8, 4) is 135 Å². The standard InChI is InChI=1S/6C15H11N2.2Lu/c6*1-3-7-12(8-4-1)14-11-15(17-16-14)13-9-5-2-6-10-13;;/h6*1-11H;;/q6*-1;2*+3. The monoisotopic (exact) mass is 1660 g/mol. The number of hydrogen-bond donors (Lipinski definition) is 0. The van der Waals surface area contributed by atoms with Gasteiger partial charge in [-0.05, 0) is 66.8 Å². The normalized spacial score (nSPS) is 10.2. The van der Waals surface area contributed by atoms with Gasteiger partial charge in [0.05, 0.1) is 0 Å². The zero-order valence-electron chi connectivity index (χ0n) is 56.0. The molecular weight excluding hydrogens is 1600 g/mol. The molecule has 104 heavy (non-hydrogen) atoms. The van der Waals surface area contributed by atoms with Gasteiger partial charge in [-0.15, -0.1) is 34.2 Å². The van der Waals surface area contributed by atoms with Crippen LogP contribution >= 0.6 is 0 Å². The number of hydrogen-bond acceptors (Lipinski definition) is 6. The average Bonchev–Trinajstić information content (AvgIpc) is 1.75. The third kappa shape index (κ3) is 20.8. The minimum Gasteiger partial charge on any atom is -0.574 e. The van der Waals surface area contributed by atoms with E-state index >= 15 is 0 Å². The van der Waals surface area contributed by atoms with Crippen LogP contribution in [0.25, 0.3) is 135 Å². The molecule has 0 unspecified atom stereocenters. The molecule has 0 saturated heterocycles. The minimum atomic E-state index is 0. The van der Waals surface area contributed by atoms with Gasteiger partial charge in [-0.25, -0.2) is 0 Å². The van der Waals surface area contributed by atoms with Gasteiger partial charge in [-0.3, -0.25) is 0 Å². The summed E-state index contributed by atoms with van der Waals surface area (Å²) in [5, 5.41) is 50.6. The Kier molecular flexibility index (Phi) is 27.6. The van der Waals surface area contributed by atoms with Crippen LogP contribution in [0, 0.1) is 73.7 Å². The molecule has 18 rings (SSSR count). The molecule has 0 spiro atoms. The van der Waals surface area contributed by atoms with Gasteiger partial charge in [0.1, 0.15) is 0 Å². The molecular formula is C90H66Lu2N12. The molecule has 12 aromatic carbocycles. The van der Waals surface area contributed by atoms with Gasteiger partial charge in [0.25, 0.3) is 0 Å². The Morgan fingerprint density at radius 2 is 0.221 bits per heavy atom. The smallest absolute Gasteiger partial charge is 0.574 e. The SMILES string of the molecule is [Lu+3].[Lu+3].c1ccc(-c2cc(-c3ccccc3)[n-]n2)cc1.c1ccc(-c2cc(-c3ccccc3)[n-]n2)cc1.c1ccc(-c2cc(-c3ccccc3)[n-]n2)cc1.c1ccc(-c2cc(-c3ccccc3)[n-]n2)cc1.c1ccc(-c2cc(-c3ccccc3)[n-]n2)cc1.c1ccc(-c2cc(-c3ccccc3)[n-]n2)cc1. The maximum Gasteiger partial charge on any atom is 3.00 e. The third-order valence-corrected chi connectivity index (χ3v) is 16.1. The van der Waals surface area contributed by atoms with Crippen LogP contribution in [0.4, 0.5) is 0 Å². The predicted octanol–water partition coefficient (Wildman–Crippen LogP) is 20.2. The van der Waals surface area contributed by atoms with Crippen molar-refractivity contribution in [2.45, 2.75) is 0 Å². The van der Waals surface area contributed by atoms with E-state index < -0.39 is 0 Å². The van der Waals surface area contributed by atoms with Crippen LogP contribution < -0.4 is 30.6 Å². The summed E-state index contributed by atoms with van der Waals surface area (Å²) in [6.07, 6.45) is 0. The fourth-order valence-corrected chi connectivity index (χ4v) is 10.8. The van der Waals surface area contributed by atoms with E-state index in [1.165, 1.54) is 0 Å². The van der Waals surface area contributed by atoms with Gasteiger partial charge in [0.15, 0.2) is 0 Å². The van der Waals surface area contributed by atoms with Crippen LogP contribution in [0.3, 0.4) is 0 Å².